The van der Waals surface area contributed by atoms with Crippen LogP contribution in [0.5, 0.6) is 0 Å². The predicted molar refractivity (Wildman–Crippen MR) is 85.7 cm³/mol. The number of anilines is 2. The van der Waals surface area contributed by atoms with E-state index in [4.69, 9.17) is 4.74 Å². The molecule has 120 valence electrons. The van der Waals surface area contributed by atoms with Crippen LogP contribution in [0, 0.1) is 0 Å². The Morgan fingerprint density at radius 3 is 2.87 bits per heavy atom. The number of benzene rings is 1. The molecule has 0 atom stereocenters. The molecule has 2 amide bonds. The molecule has 1 aliphatic rings. The zero-order valence-electron chi connectivity index (χ0n) is 13.0. The van der Waals surface area contributed by atoms with Crippen molar-refractivity contribution in [3.05, 3.63) is 42.1 Å². The van der Waals surface area contributed by atoms with Crippen LogP contribution in [-0.4, -0.2) is 34.9 Å². The second kappa shape index (κ2) is 6.12. The van der Waals surface area contributed by atoms with Crippen molar-refractivity contribution in [2.75, 3.05) is 23.4 Å². The summed E-state index contributed by atoms with van der Waals surface area (Å²) in [6, 6.07) is 8.80. The topological polar surface area (TPSA) is 76.5 Å². The molecule has 1 aromatic carbocycles. The predicted octanol–water partition coefficient (Wildman–Crippen LogP) is 2.67. The first kappa shape index (κ1) is 15.1. The number of carbonyl (C=O) groups is 2. The van der Waals surface area contributed by atoms with Gasteiger partial charge in [-0.15, -0.1) is 0 Å². The highest BCUT2D eigenvalue weighted by Crippen LogP contribution is 2.21. The molecular weight excluding hydrogens is 296 g/mol. The Bertz CT molecular complexity index is 738. The molecule has 0 aliphatic carbocycles. The summed E-state index contributed by atoms with van der Waals surface area (Å²) in [6.07, 6.45) is 1.26. The number of aromatic nitrogens is 2. The Morgan fingerprint density at radius 2 is 2.17 bits per heavy atom. The van der Waals surface area contributed by atoms with Crippen LogP contribution in [0.3, 0.4) is 0 Å². The zero-order valence-corrected chi connectivity index (χ0v) is 13.0. The summed E-state index contributed by atoms with van der Waals surface area (Å²) in [6.45, 7) is 4.83. The van der Waals surface area contributed by atoms with E-state index >= 15 is 0 Å². The first-order valence-electron chi connectivity index (χ1n) is 7.45. The Balaban J connectivity index is 1.80. The highest BCUT2D eigenvalue weighted by Gasteiger charge is 2.24. The van der Waals surface area contributed by atoms with E-state index in [-0.39, 0.29) is 18.0 Å². The van der Waals surface area contributed by atoms with E-state index in [1.807, 2.05) is 13.8 Å². The van der Waals surface area contributed by atoms with Crippen LogP contribution < -0.4 is 10.2 Å². The van der Waals surface area contributed by atoms with Gasteiger partial charge in [0.1, 0.15) is 12.4 Å². The van der Waals surface area contributed by atoms with E-state index in [9.17, 15) is 9.59 Å². The lowest BCUT2D eigenvalue weighted by Crippen LogP contribution is -2.24. The molecule has 2 aromatic rings. The van der Waals surface area contributed by atoms with Gasteiger partial charge >= 0.3 is 6.09 Å². The third-order valence-electron chi connectivity index (χ3n) is 3.58. The molecule has 0 unspecified atom stereocenters. The monoisotopic (exact) mass is 314 g/mol. The Kier molecular flexibility index (Phi) is 4.01. The van der Waals surface area contributed by atoms with Crippen molar-refractivity contribution in [3.8, 4) is 0 Å². The van der Waals surface area contributed by atoms with Crippen LogP contribution >= 0.6 is 0 Å². The van der Waals surface area contributed by atoms with Crippen LogP contribution in [-0.2, 0) is 4.74 Å². The summed E-state index contributed by atoms with van der Waals surface area (Å²) in [5.41, 5.74) is 1.12. The third kappa shape index (κ3) is 3.03. The van der Waals surface area contributed by atoms with Gasteiger partial charge in [0, 0.05) is 23.4 Å². The number of nitrogens with one attached hydrogen (secondary N) is 1. The average Bonchev–Trinajstić information content (AvgIpc) is 3.16. The van der Waals surface area contributed by atoms with E-state index in [0.717, 1.165) is 0 Å². The standard InChI is InChI=1S/C16H18N4O3/c1-11(2)20-14(6-7-17-20)18-15(21)12-4-3-5-13(10-12)19-8-9-23-16(19)22/h3-7,10-11H,8-9H2,1-2H3,(H,18,21). The maximum Gasteiger partial charge on any atom is 0.414 e. The molecule has 0 spiro atoms. The quantitative estimate of drug-likeness (QED) is 0.941. The van der Waals surface area contributed by atoms with Crippen molar-refractivity contribution in [1.29, 1.82) is 0 Å². The number of carbonyl (C=O) groups excluding carboxylic acids is 2. The summed E-state index contributed by atoms with van der Waals surface area (Å²) in [5, 5.41) is 7.03. The first-order valence-corrected chi connectivity index (χ1v) is 7.45. The lowest BCUT2D eigenvalue weighted by molar-refractivity contribution is 0.102. The van der Waals surface area contributed by atoms with Crippen molar-refractivity contribution in [3.63, 3.8) is 0 Å². The van der Waals surface area contributed by atoms with Gasteiger partial charge in [-0.05, 0) is 32.0 Å². The van der Waals surface area contributed by atoms with Crippen molar-refractivity contribution in [2.45, 2.75) is 19.9 Å². The minimum Gasteiger partial charge on any atom is -0.447 e. The molecule has 7 heteroatoms. The fourth-order valence-electron chi connectivity index (χ4n) is 2.46. The van der Waals surface area contributed by atoms with Gasteiger partial charge in [0.25, 0.3) is 5.91 Å². The van der Waals surface area contributed by atoms with Crippen LogP contribution in [0.25, 0.3) is 0 Å². The number of nitrogens with zero attached hydrogens (tertiary/aromatic N) is 3. The molecule has 0 radical (unpaired) electrons. The summed E-state index contributed by atoms with van der Waals surface area (Å²) in [7, 11) is 0. The Labute approximate surface area is 133 Å². The number of amides is 2. The smallest absolute Gasteiger partial charge is 0.414 e. The molecule has 0 saturated carbocycles. The second-order valence-corrected chi connectivity index (χ2v) is 5.53. The second-order valence-electron chi connectivity index (χ2n) is 5.53. The SMILES string of the molecule is CC(C)n1nccc1NC(=O)c1cccc(N2CCOC2=O)c1. The molecule has 7 nitrogen and oxygen atoms in total. The van der Waals surface area contributed by atoms with Gasteiger partial charge in [0.05, 0.1) is 12.7 Å². The highest BCUT2D eigenvalue weighted by atomic mass is 16.6. The molecule has 1 saturated heterocycles. The zero-order chi connectivity index (χ0) is 16.4. The minimum absolute atomic E-state index is 0.144. The normalized spacial score (nSPS) is 14.2. The largest absolute Gasteiger partial charge is 0.447 e. The number of hydrogen-bond donors (Lipinski definition) is 1. The Morgan fingerprint density at radius 1 is 1.35 bits per heavy atom. The van der Waals surface area contributed by atoms with Crippen molar-refractivity contribution < 1.29 is 14.3 Å². The van der Waals surface area contributed by atoms with Gasteiger partial charge in [-0.1, -0.05) is 6.07 Å². The van der Waals surface area contributed by atoms with Crippen molar-refractivity contribution in [2.24, 2.45) is 0 Å². The molecule has 1 aliphatic heterocycles. The summed E-state index contributed by atoms with van der Waals surface area (Å²) in [4.78, 5) is 25.6. The van der Waals surface area contributed by atoms with Crippen molar-refractivity contribution in [1.82, 2.24) is 9.78 Å². The molecular formula is C16H18N4O3. The Hall–Kier alpha value is -2.83. The van der Waals surface area contributed by atoms with Gasteiger partial charge in [-0.3, -0.25) is 9.69 Å². The minimum atomic E-state index is -0.388. The lowest BCUT2D eigenvalue weighted by Gasteiger charge is -2.14. The number of ether oxygens (including phenoxy) is 1. The van der Waals surface area contributed by atoms with Gasteiger partial charge in [0.2, 0.25) is 0 Å². The maximum absolute atomic E-state index is 12.4. The van der Waals surface area contributed by atoms with E-state index in [1.54, 1.807) is 41.2 Å². The molecule has 0 bridgehead atoms. The summed E-state index contributed by atoms with van der Waals surface area (Å²) < 4.78 is 6.66. The number of hydrogen-bond acceptors (Lipinski definition) is 4. The lowest BCUT2D eigenvalue weighted by atomic mass is 10.1. The van der Waals surface area contributed by atoms with Crippen LogP contribution in [0.15, 0.2) is 36.5 Å². The van der Waals surface area contributed by atoms with Crippen molar-refractivity contribution >= 4 is 23.5 Å². The fourth-order valence-corrected chi connectivity index (χ4v) is 2.46. The summed E-state index contributed by atoms with van der Waals surface area (Å²) >= 11 is 0. The molecule has 2 heterocycles. The molecule has 1 fully saturated rings. The molecule has 3 rings (SSSR count). The summed E-state index contributed by atoms with van der Waals surface area (Å²) in [5.74, 6) is 0.387. The van der Waals surface area contributed by atoms with E-state index in [0.29, 0.717) is 30.2 Å². The van der Waals surface area contributed by atoms with Gasteiger partial charge < -0.3 is 10.1 Å². The number of cyclic esters (lactones) is 1. The number of rotatable bonds is 4. The van der Waals surface area contributed by atoms with Gasteiger partial charge in [-0.2, -0.15) is 5.10 Å². The molecule has 1 N–H and O–H groups in total. The van der Waals surface area contributed by atoms with E-state index in [1.165, 1.54) is 4.90 Å². The average molecular weight is 314 g/mol. The van der Waals surface area contributed by atoms with Crippen LogP contribution in [0.2, 0.25) is 0 Å². The van der Waals surface area contributed by atoms with Crippen LogP contribution in [0.1, 0.15) is 30.2 Å². The van der Waals surface area contributed by atoms with E-state index in [2.05, 4.69) is 10.4 Å². The van der Waals surface area contributed by atoms with Gasteiger partial charge in [-0.25, -0.2) is 9.48 Å². The van der Waals surface area contributed by atoms with Crippen LogP contribution in [0.4, 0.5) is 16.3 Å². The third-order valence-corrected chi connectivity index (χ3v) is 3.58. The molecule has 1 aromatic heterocycles. The van der Waals surface area contributed by atoms with Gasteiger partial charge in [0.15, 0.2) is 0 Å². The fraction of sp³-hybridized carbons (Fsp3) is 0.312. The first-order chi connectivity index (χ1) is 11.1. The maximum atomic E-state index is 12.4. The van der Waals surface area contributed by atoms with E-state index < -0.39 is 0 Å². The molecule has 23 heavy (non-hydrogen) atoms. The highest BCUT2D eigenvalue weighted by molar-refractivity contribution is 6.05.